The quantitative estimate of drug-likeness (QED) is 0.305. The number of benzene rings is 3. The van der Waals surface area contributed by atoms with E-state index in [1.807, 2.05) is 54.6 Å². The highest BCUT2D eigenvalue weighted by atomic mass is 32.1. The van der Waals surface area contributed by atoms with E-state index in [1.54, 1.807) is 10.9 Å². The molecule has 0 unspecified atom stereocenters. The summed E-state index contributed by atoms with van der Waals surface area (Å²) in [6.45, 7) is 2.78. The van der Waals surface area contributed by atoms with Crippen molar-refractivity contribution in [2.45, 2.75) is 20.1 Å². The van der Waals surface area contributed by atoms with E-state index >= 15 is 0 Å². The first kappa shape index (κ1) is 20.6. The Kier molecular flexibility index (Phi) is 6.54. The molecule has 0 amide bonds. The molecule has 0 aliphatic heterocycles. The molecule has 0 aliphatic carbocycles. The maximum Gasteiger partial charge on any atom is 0.216 e. The Morgan fingerprint density at radius 2 is 1.68 bits per heavy atom. The molecule has 1 aromatic heterocycles. The number of aromatic amines is 1. The third-order valence-corrected chi connectivity index (χ3v) is 4.84. The summed E-state index contributed by atoms with van der Waals surface area (Å²) in [7, 11) is 0. The van der Waals surface area contributed by atoms with E-state index in [1.165, 1.54) is 5.56 Å². The summed E-state index contributed by atoms with van der Waals surface area (Å²) in [5.74, 6) is 2.06. The van der Waals surface area contributed by atoms with E-state index in [4.69, 9.17) is 21.7 Å². The molecule has 3 aromatic carbocycles. The van der Waals surface area contributed by atoms with E-state index in [0.717, 1.165) is 22.6 Å². The molecule has 0 bridgehead atoms. The molecule has 0 atom stereocenters. The highest BCUT2D eigenvalue weighted by molar-refractivity contribution is 7.71. The van der Waals surface area contributed by atoms with Crippen LogP contribution in [0.4, 0.5) is 0 Å². The zero-order valence-corrected chi connectivity index (χ0v) is 17.9. The minimum atomic E-state index is 0.236. The number of nitrogens with zero attached hydrogens (tertiary/aromatic N) is 3. The maximum atomic E-state index is 6.02. The van der Waals surface area contributed by atoms with Gasteiger partial charge in [-0.15, -0.1) is 0 Å². The molecule has 0 radical (unpaired) electrons. The molecule has 31 heavy (non-hydrogen) atoms. The van der Waals surface area contributed by atoms with Crippen LogP contribution in [0, 0.1) is 11.7 Å². The Bertz CT molecular complexity index is 1210. The van der Waals surface area contributed by atoms with E-state index in [-0.39, 0.29) is 6.61 Å². The molecule has 156 valence electrons. The topological polar surface area (TPSA) is 64.4 Å². The lowest BCUT2D eigenvalue weighted by molar-refractivity contribution is 0.290. The lowest BCUT2D eigenvalue weighted by atomic mass is 10.1. The number of aromatic nitrogens is 3. The van der Waals surface area contributed by atoms with Crippen molar-refractivity contribution >= 4 is 18.4 Å². The van der Waals surface area contributed by atoms with Crippen LogP contribution in [0.1, 0.15) is 22.5 Å². The molecule has 0 saturated heterocycles. The Balaban J connectivity index is 1.48. The summed E-state index contributed by atoms with van der Waals surface area (Å²) >= 11 is 5.32. The number of nitrogens with one attached hydrogen (secondary N) is 1. The normalized spacial score (nSPS) is 11.0. The molecule has 4 aromatic rings. The summed E-state index contributed by atoms with van der Waals surface area (Å²) in [6.07, 6.45) is 1.71. The first-order chi connectivity index (χ1) is 15.2. The second-order valence-electron chi connectivity index (χ2n) is 6.92. The maximum absolute atomic E-state index is 6.02. The Hall–Kier alpha value is -3.71. The third-order valence-electron chi connectivity index (χ3n) is 4.57. The SMILES string of the molecule is Cc1ccc(COc2ccccc2/C=N\n2c(COc3ccccc3)n[nH]c2=S)cc1. The number of rotatable bonds is 8. The average Bonchev–Trinajstić information content (AvgIpc) is 3.16. The van der Waals surface area contributed by atoms with Gasteiger partial charge < -0.3 is 9.47 Å². The zero-order chi connectivity index (χ0) is 21.5. The minimum Gasteiger partial charge on any atom is -0.488 e. The van der Waals surface area contributed by atoms with Gasteiger partial charge in [0.25, 0.3) is 0 Å². The van der Waals surface area contributed by atoms with Crippen LogP contribution in [-0.2, 0) is 13.2 Å². The monoisotopic (exact) mass is 430 g/mol. The summed E-state index contributed by atoms with van der Waals surface area (Å²) in [4.78, 5) is 0. The molecular formula is C24H22N4O2S. The van der Waals surface area contributed by atoms with Crippen LogP contribution in [0.2, 0.25) is 0 Å². The smallest absolute Gasteiger partial charge is 0.216 e. The summed E-state index contributed by atoms with van der Waals surface area (Å²) in [6, 6.07) is 25.6. The predicted octanol–water partition coefficient (Wildman–Crippen LogP) is 5.29. The predicted molar refractivity (Wildman–Crippen MR) is 123 cm³/mol. The molecule has 4 rings (SSSR count). The van der Waals surface area contributed by atoms with Gasteiger partial charge in [0.1, 0.15) is 24.7 Å². The van der Waals surface area contributed by atoms with Crippen molar-refractivity contribution in [2.24, 2.45) is 5.10 Å². The van der Waals surface area contributed by atoms with Gasteiger partial charge >= 0.3 is 0 Å². The molecule has 6 nitrogen and oxygen atoms in total. The van der Waals surface area contributed by atoms with Gasteiger partial charge in [-0.3, -0.25) is 0 Å². The van der Waals surface area contributed by atoms with Gasteiger partial charge in [-0.1, -0.05) is 60.2 Å². The second-order valence-corrected chi connectivity index (χ2v) is 7.30. The van der Waals surface area contributed by atoms with Gasteiger partial charge in [-0.2, -0.15) is 14.9 Å². The Labute approximate surface area is 185 Å². The van der Waals surface area contributed by atoms with E-state index in [0.29, 0.717) is 17.2 Å². The standard InChI is InChI=1S/C24H22N4O2S/c1-18-11-13-19(14-12-18)16-30-22-10-6-5-7-20(22)15-25-28-23(26-27-24(28)31)17-29-21-8-3-2-4-9-21/h2-15H,16-17H2,1H3,(H,27,31)/b25-15-. The van der Waals surface area contributed by atoms with Crippen molar-refractivity contribution in [1.82, 2.24) is 14.9 Å². The van der Waals surface area contributed by atoms with Crippen molar-refractivity contribution in [1.29, 1.82) is 0 Å². The number of ether oxygens (including phenoxy) is 2. The van der Waals surface area contributed by atoms with E-state index in [2.05, 4.69) is 46.5 Å². The van der Waals surface area contributed by atoms with Gasteiger partial charge in [0.05, 0.1) is 6.21 Å². The third kappa shape index (κ3) is 5.46. The van der Waals surface area contributed by atoms with E-state index in [9.17, 15) is 0 Å². The number of H-pyrrole nitrogens is 1. The van der Waals surface area contributed by atoms with E-state index < -0.39 is 0 Å². The number of aryl methyl sites for hydroxylation is 1. The highest BCUT2D eigenvalue weighted by Gasteiger charge is 2.07. The minimum absolute atomic E-state index is 0.236. The van der Waals surface area contributed by atoms with Gasteiger partial charge in [-0.05, 0) is 49.0 Å². The largest absolute Gasteiger partial charge is 0.488 e. The average molecular weight is 431 g/mol. The van der Waals surface area contributed by atoms with Gasteiger partial charge in [0.2, 0.25) is 4.77 Å². The van der Waals surface area contributed by atoms with Crippen LogP contribution >= 0.6 is 12.2 Å². The van der Waals surface area contributed by atoms with Gasteiger partial charge in [0, 0.05) is 5.56 Å². The molecule has 7 heteroatoms. The lowest BCUT2D eigenvalue weighted by Crippen LogP contribution is -2.04. The Morgan fingerprint density at radius 3 is 2.48 bits per heavy atom. The molecule has 0 aliphatic rings. The van der Waals surface area contributed by atoms with Crippen molar-refractivity contribution in [3.8, 4) is 11.5 Å². The van der Waals surface area contributed by atoms with Gasteiger partial charge in [-0.25, -0.2) is 5.10 Å². The molecular weight excluding hydrogens is 408 g/mol. The number of hydrogen-bond acceptors (Lipinski definition) is 5. The first-order valence-electron chi connectivity index (χ1n) is 9.85. The van der Waals surface area contributed by atoms with Crippen molar-refractivity contribution in [3.63, 3.8) is 0 Å². The fraction of sp³-hybridized carbons (Fsp3) is 0.125. The lowest BCUT2D eigenvalue weighted by Gasteiger charge is -2.09. The van der Waals surface area contributed by atoms with Crippen LogP contribution in [0.25, 0.3) is 0 Å². The van der Waals surface area contributed by atoms with Crippen LogP contribution < -0.4 is 9.47 Å². The number of para-hydroxylation sites is 2. The summed E-state index contributed by atoms with van der Waals surface area (Å²) in [5, 5.41) is 11.5. The second kappa shape index (κ2) is 9.86. The molecule has 0 saturated carbocycles. The van der Waals surface area contributed by atoms with Crippen LogP contribution in [0.5, 0.6) is 11.5 Å². The van der Waals surface area contributed by atoms with Crippen molar-refractivity contribution in [3.05, 3.63) is 106 Å². The van der Waals surface area contributed by atoms with Crippen LogP contribution in [0.3, 0.4) is 0 Å². The molecule has 1 heterocycles. The highest BCUT2D eigenvalue weighted by Crippen LogP contribution is 2.18. The number of hydrogen-bond donors (Lipinski definition) is 1. The molecule has 0 spiro atoms. The summed E-state index contributed by atoms with van der Waals surface area (Å²) < 4.78 is 13.7. The van der Waals surface area contributed by atoms with Crippen molar-refractivity contribution < 1.29 is 9.47 Å². The van der Waals surface area contributed by atoms with Crippen molar-refractivity contribution in [2.75, 3.05) is 0 Å². The first-order valence-corrected chi connectivity index (χ1v) is 10.3. The fourth-order valence-electron chi connectivity index (χ4n) is 2.89. The summed E-state index contributed by atoms with van der Waals surface area (Å²) in [5.41, 5.74) is 3.17. The Morgan fingerprint density at radius 1 is 0.935 bits per heavy atom. The molecule has 1 N–H and O–H groups in total. The fourth-order valence-corrected chi connectivity index (χ4v) is 3.08. The van der Waals surface area contributed by atoms with Crippen LogP contribution in [0.15, 0.2) is 84.0 Å². The van der Waals surface area contributed by atoms with Gasteiger partial charge in [0.15, 0.2) is 5.82 Å². The van der Waals surface area contributed by atoms with Crippen LogP contribution in [-0.4, -0.2) is 21.1 Å². The zero-order valence-electron chi connectivity index (χ0n) is 17.1. The molecule has 0 fully saturated rings.